The molecule has 1 aromatic carbocycles. The van der Waals surface area contributed by atoms with Crippen LogP contribution in [0.4, 0.5) is 4.39 Å². The first kappa shape index (κ1) is 15.1. The van der Waals surface area contributed by atoms with Gasteiger partial charge in [0.2, 0.25) is 0 Å². The van der Waals surface area contributed by atoms with E-state index >= 15 is 0 Å². The van der Waals surface area contributed by atoms with Crippen molar-refractivity contribution in [3.8, 4) is 0 Å². The fraction of sp³-hybridized carbons (Fsp3) is 0.500. The molecule has 1 saturated heterocycles. The molecular weight excluding hydrogens is 283 g/mol. The fourth-order valence-electron chi connectivity index (χ4n) is 2.40. The maximum absolute atomic E-state index is 12.8. The van der Waals surface area contributed by atoms with Gasteiger partial charge in [-0.15, -0.1) is 0 Å². The lowest BCUT2D eigenvalue weighted by Gasteiger charge is -2.19. The Bertz CT molecular complexity index is 594. The highest BCUT2D eigenvalue weighted by molar-refractivity contribution is 7.93. The van der Waals surface area contributed by atoms with E-state index in [2.05, 4.69) is 0 Å². The first-order valence-corrected chi connectivity index (χ1v) is 8.09. The van der Waals surface area contributed by atoms with Crippen molar-refractivity contribution in [2.45, 2.75) is 36.9 Å². The molecule has 0 spiro atoms. The van der Waals surface area contributed by atoms with Crippen molar-refractivity contribution in [3.05, 3.63) is 35.6 Å². The fourth-order valence-corrected chi connectivity index (χ4v) is 4.40. The van der Waals surface area contributed by atoms with Gasteiger partial charge in [-0.2, -0.15) is 0 Å². The monoisotopic (exact) mass is 300 g/mol. The molecule has 1 aliphatic rings. The largest absolute Gasteiger partial charge is 0.377 e. The molecule has 1 heterocycles. The molecule has 0 aliphatic carbocycles. The van der Waals surface area contributed by atoms with Crippen molar-refractivity contribution >= 4 is 15.6 Å². The van der Waals surface area contributed by atoms with E-state index in [1.807, 2.05) is 0 Å². The van der Waals surface area contributed by atoms with Crippen LogP contribution >= 0.6 is 0 Å². The summed E-state index contributed by atoms with van der Waals surface area (Å²) in [5, 5.41) is -1.80. The number of hydrogen-bond donors (Lipinski definition) is 0. The van der Waals surface area contributed by atoms with Crippen LogP contribution in [-0.2, 0) is 14.6 Å². The molecule has 3 atom stereocenters. The predicted molar refractivity (Wildman–Crippen MR) is 72.9 cm³/mol. The molecule has 6 heteroatoms. The molecule has 2 rings (SSSR count). The number of hydrogen-bond acceptors (Lipinski definition) is 4. The second-order valence-corrected chi connectivity index (χ2v) is 7.50. The molecule has 1 fully saturated rings. The molecule has 20 heavy (non-hydrogen) atoms. The summed E-state index contributed by atoms with van der Waals surface area (Å²) in [7, 11) is -3.61. The minimum atomic E-state index is -3.61. The van der Waals surface area contributed by atoms with Gasteiger partial charge in [0, 0.05) is 12.2 Å². The van der Waals surface area contributed by atoms with E-state index in [1.54, 1.807) is 6.92 Å². The highest BCUT2D eigenvalue weighted by Crippen LogP contribution is 2.25. The number of sulfone groups is 1. The Hall–Kier alpha value is -1.27. The van der Waals surface area contributed by atoms with Crippen molar-refractivity contribution < 1.29 is 22.3 Å². The zero-order valence-corrected chi connectivity index (χ0v) is 12.2. The van der Waals surface area contributed by atoms with E-state index in [4.69, 9.17) is 4.74 Å². The lowest BCUT2D eigenvalue weighted by atomic mass is 10.1. The van der Waals surface area contributed by atoms with Gasteiger partial charge in [0.05, 0.1) is 11.4 Å². The van der Waals surface area contributed by atoms with Crippen LogP contribution in [0.5, 0.6) is 0 Å². The SMILES string of the molecule is CC1OCCC1S(=O)(=O)C(C)C(=O)c1ccc(F)cc1. The third-order valence-electron chi connectivity index (χ3n) is 3.72. The molecule has 0 radical (unpaired) electrons. The van der Waals surface area contributed by atoms with Crippen LogP contribution in [-0.4, -0.2) is 37.4 Å². The van der Waals surface area contributed by atoms with E-state index in [-0.39, 0.29) is 5.56 Å². The first-order valence-electron chi connectivity index (χ1n) is 6.48. The van der Waals surface area contributed by atoms with Gasteiger partial charge in [0.1, 0.15) is 11.1 Å². The summed E-state index contributed by atoms with van der Waals surface area (Å²) < 4.78 is 43.0. The normalized spacial score (nSPS) is 24.6. The lowest BCUT2D eigenvalue weighted by molar-refractivity contribution is 0.0990. The first-order chi connectivity index (χ1) is 9.34. The van der Waals surface area contributed by atoms with Crippen LogP contribution in [0.1, 0.15) is 30.6 Å². The van der Waals surface area contributed by atoms with E-state index in [0.29, 0.717) is 13.0 Å². The van der Waals surface area contributed by atoms with Crippen molar-refractivity contribution in [2.75, 3.05) is 6.61 Å². The second kappa shape index (κ2) is 5.61. The number of rotatable bonds is 4. The average Bonchev–Trinajstić information content (AvgIpc) is 2.85. The molecule has 3 unspecified atom stereocenters. The van der Waals surface area contributed by atoms with Crippen LogP contribution in [0.15, 0.2) is 24.3 Å². The van der Waals surface area contributed by atoms with E-state index in [0.717, 1.165) is 12.1 Å². The van der Waals surface area contributed by atoms with E-state index < -0.39 is 38.0 Å². The number of benzene rings is 1. The van der Waals surface area contributed by atoms with Gasteiger partial charge in [-0.05, 0) is 44.5 Å². The topological polar surface area (TPSA) is 60.4 Å². The number of halogens is 1. The lowest BCUT2D eigenvalue weighted by Crippen LogP contribution is -2.39. The highest BCUT2D eigenvalue weighted by atomic mass is 32.2. The Morgan fingerprint density at radius 2 is 1.95 bits per heavy atom. The van der Waals surface area contributed by atoms with Gasteiger partial charge in [0.15, 0.2) is 15.6 Å². The predicted octanol–water partition coefficient (Wildman–Crippen LogP) is 1.99. The van der Waals surface area contributed by atoms with Gasteiger partial charge >= 0.3 is 0 Å². The molecule has 4 nitrogen and oxygen atoms in total. The molecule has 0 saturated carbocycles. The van der Waals surface area contributed by atoms with Crippen molar-refractivity contribution in [1.29, 1.82) is 0 Å². The van der Waals surface area contributed by atoms with Crippen molar-refractivity contribution in [2.24, 2.45) is 0 Å². The number of carbonyl (C=O) groups is 1. The van der Waals surface area contributed by atoms with Gasteiger partial charge in [-0.3, -0.25) is 4.79 Å². The Morgan fingerprint density at radius 1 is 1.35 bits per heavy atom. The minimum Gasteiger partial charge on any atom is -0.377 e. The number of Topliss-reactive ketones (excluding diaryl/α,β-unsaturated/α-hetero) is 1. The van der Waals surface area contributed by atoms with Crippen LogP contribution < -0.4 is 0 Å². The molecular formula is C14H17FO4S. The Balaban J connectivity index is 2.23. The Labute approximate surface area is 117 Å². The zero-order valence-electron chi connectivity index (χ0n) is 11.4. The second-order valence-electron chi connectivity index (χ2n) is 5.01. The summed E-state index contributed by atoms with van der Waals surface area (Å²) in [4.78, 5) is 12.2. The average molecular weight is 300 g/mol. The number of carbonyl (C=O) groups excluding carboxylic acids is 1. The summed E-state index contributed by atoms with van der Waals surface area (Å²) >= 11 is 0. The van der Waals surface area contributed by atoms with Crippen LogP contribution in [0.3, 0.4) is 0 Å². The zero-order chi connectivity index (χ0) is 14.9. The van der Waals surface area contributed by atoms with Gasteiger partial charge < -0.3 is 4.74 Å². The number of ketones is 1. The quantitative estimate of drug-likeness (QED) is 0.798. The summed E-state index contributed by atoms with van der Waals surface area (Å²) in [5.41, 5.74) is 0.203. The van der Waals surface area contributed by atoms with Gasteiger partial charge in [-0.1, -0.05) is 0 Å². The highest BCUT2D eigenvalue weighted by Gasteiger charge is 2.41. The molecule has 0 aromatic heterocycles. The summed E-state index contributed by atoms with van der Waals surface area (Å²) in [5.74, 6) is -0.973. The number of ether oxygens (including phenoxy) is 1. The van der Waals surface area contributed by atoms with E-state index in [1.165, 1.54) is 19.1 Å². The van der Waals surface area contributed by atoms with Crippen LogP contribution in [0.2, 0.25) is 0 Å². The molecule has 1 aromatic rings. The Kier molecular flexibility index (Phi) is 4.25. The molecule has 0 N–H and O–H groups in total. The maximum atomic E-state index is 12.8. The standard InChI is InChI=1S/C14H17FO4S/c1-9-13(7-8-19-9)20(17,18)10(2)14(16)11-3-5-12(15)6-4-11/h3-6,9-10,13H,7-8H2,1-2H3. The third-order valence-corrected chi connectivity index (χ3v) is 6.38. The molecule has 0 amide bonds. The summed E-state index contributed by atoms with van der Waals surface area (Å²) in [6, 6.07) is 4.90. The maximum Gasteiger partial charge on any atom is 0.180 e. The van der Waals surface area contributed by atoms with Crippen LogP contribution in [0, 0.1) is 5.82 Å². The minimum absolute atomic E-state index is 0.203. The third kappa shape index (κ3) is 2.76. The van der Waals surface area contributed by atoms with Gasteiger partial charge in [-0.25, -0.2) is 12.8 Å². The molecule has 110 valence electrons. The van der Waals surface area contributed by atoms with E-state index in [9.17, 15) is 17.6 Å². The van der Waals surface area contributed by atoms with Crippen LogP contribution in [0.25, 0.3) is 0 Å². The summed E-state index contributed by atoms with van der Waals surface area (Å²) in [6.07, 6.45) is 0.00771. The van der Waals surface area contributed by atoms with Gasteiger partial charge in [0.25, 0.3) is 0 Å². The van der Waals surface area contributed by atoms with Crippen molar-refractivity contribution in [3.63, 3.8) is 0 Å². The molecule has 1 aliphatic heterocycles. The Morgan fingerprint density at radius 3 is 2.45 bits per heavy atom. The summed E-state index contributed by atoms with van der Waals surface area (Å²) in [6.45, 7) is 3.47. The smallest absolute Gasteiger partial charge is 0.180 e. The van der Waals surface area contributed by atoms with Crippen molar-refractivity contribution in [1.82, 2.24) is 0 Å². The molecule has 0 bridgehead atoms.